The Morgan fingerprint density at radius 3 is 2.00 bits per heavy atom. The van der Waals surface area contributed by atoms with Crippen LogP contribution in [-0.2, 0) is 0 Å². The molecule has 1 radical (unpaired) electrons. The SMILES string of the molecule is O=C1[N]N=Nc2cccc(-c3c(Cl)c(Cl)c(Cl)c(Cl)c3Cl)c21. The monoisotopic (exact) mass is 392 g/mol. The second-order valence-corrected chi connectivity index (χ2v) is 6.13. The number of halogens is 5. The number of carbonyl (C=O) groups excluding carboxylic acids is 1. The molecule has 0 unspecified atom stereocenters. The molecule has 1 heterocycles. The molecule has 9 heteroatoms. The van der Waals surface area contributed by atoms with Gasteiger partial charge in [0.05, 0.1) is 30.7 Å². The summed E-state index contributed by atoms with van der Waals surface area (Å²) in [6.45, 7) is 0. The number of benzene rings is 2. The maximum Gasteiger partial charge on any atom is 0.300 e. The molecule has 0 fully saturated rings. The minimum Gasteiger partial charge on any atom is -0.265 e. The molecule has 2 aromatic carbocycles. The molecule has 2 aromatic rings. The van der Waals surface area contributed by atoms with Crippen molar-refractivity contribution in [3.63, 3.8) is 0 Å². The minimum absolute atomic E-state index is 0.0441. The van der Waals surface area contributed by atoms with Crippen LogP contribution in [0.4, 0.5) is 5.69 Å². The van der Waals surface area contributed by atoms with Gasteiger partial charge < -0.3 is 0 Å². The van der Waals surface area contributed by atoms with Gasteiger partial charge in [-0.3, -0.25) is 4.79 Å². The highest BCUT2D eigenvalue weighted by molar-refractivity contribution is 6.56. The van der Waals surface area contributed by atoms with Crippen LogP contribution in [0, 0.1) is 0 Å². The van der Waals surface area contributed by atoms with E-state index in [0.717, 1.165) is 0 Å². The number of rotatable bonds is 1. The van der Waals surface area contributed by atoms with Crippen LogP contribution in [0.2, 0.25) is 25.1 Å². The molecular weight excluding hydrogens is 391 g/mol. The molecule has 0 atom stereocenters. The minimum atomic E-state index is -0.560. The summed E-state index contributed by atoms with van der Waals surface area (Å²) in [5, 5.41) is 7.52. The summed E-state index contributed by atoms with van der Waals surface area (Å²) in [5.74, 6) is -0.560. The lowest BCUT2D eigenvalue weighted by Crippen LogP contribution is -2.14. The van der Waals surface area contributed by atoms with Crippen LogP contribution >= 0.6 is 58.0 Å². The first kappa shape index (κ1) is 15.8. The second-order valence-electron chi connectivity index (χ2n) is 4.24. The zero-order chi connectivity index (χ0) is 16.0. The first-order valence-corrected chi connectivity index (χ1v) is 7.63. The van der Waals surface area contributed by atoms with Gasteiger partial charge in [0, 0.05) is 5.56 Å². The van der Waals surface area contributed by atoms with Crippen molar-refractivity contribution in [1.82, 2.24) is 5.43 Å². The average molecular weight is 394 g/mol. The quantitative estimate of drug-likeness (QED) is 0.409. The Kier molecular flexibility index (Phi) is 4.23. The van der Waals surface area contributed by atoms with Gasteiger partial charge in [-0.2, -0.15) is 0 Å². The van der Waals surface area contributed by atoms with E-state index in [1.807, 2.05) is 0 Å². The number of nitrogens with zero attached hydrogens (tertiary/aromatic N) is 3. The van der Waals surface area contributed by atoms with Crippen LogP contribution < -0.4 is 5.43 Å². The Morgan fingerprint density at radius 2 is 1.36 bits per heavy atom. The van der Waals surface area contributed by atoms with Crippen LogP contribution in [0.15, 0.2) is 28.5 Å². The van der Waals surface area contributed by atoms with E-state index in [9.17, 15) is 4.79 Å². The molecule has 0 aromatic heterocycles. The lowest BCUT2D eigenvalue weighted by atomic mass is 9.97. The van der Waals surface area contributed by atoms with Crippen molar-refractivity contribution < 1.29 is 4.79 Å². The third-order valence-electron chi connectivity index (χ3n) is 3.02. The molecule has 0 saturated heterocycles. The van der Waals surface area contributed by atoms with Gasteiger partial charge in [0.2, 0.25) is 0 Å². The van der Waals surface area contributed by atoms with E-state index in [1.165, 1.54) is 0 Å². The lowest BCUT2D eigenvalue weighted by Gasteiger charge is -2.16. The van der Waals surface area contributed by atoms with Crippen molar-refractivity contribution >= 4 is 69.6 Å². The molecule has 1 amide bonds. The highest BCUT2D eigenvalue weighted by Crippen LogP contribution is 2.49. The Hall–Kier alpha value is -1.04. The van der Waals surface area contributed by atoms with E-state index in [-0.39, 0.29) is 30.7 Å². The largest absolute Gasteiger partial charge is 0.300 e. The summed E-state index contributed by atoms with van der Waals surface area (Å²) in [7, 11) is 0. The summed E-state index contributed by atoms with van der Waals surface area (Å²) < 4.78 is 0. The third-order valence-corrected chi connectivity index (χ3v) is 5.30. The zero-order valence-electron chi connectivity index (χ0n) is 10.4. The summed E-state index contributed by atoms with van der Waals surface area (Å²) in [4.78, 5) is 12.0. The first-order valence-electron chi connectivity index (χ1n) is 5.74. The zero-order valence-corrected chi connectivity index (χ0v) is 14.2. The van der Waals surface area contributed by atoms with Crippen molar-refractivity contribution in [2.45, 2.75) is 0 Å². The van der Waals surface area contributed by atoms with Crippen LogP contribution in [0.1, 0.15) is 10.4 Å². The van der Waals surface area contributed by atoms with Gasteiger partial charge >= 0.3 is 0 Å². The maximum atomic E-state index is 12.0. The molecule has 22 heavy (non-hydrogen) atoms. The van der Waals surface area contributed by atoms with Crippen molar-refractivity contribution in [2.24, 2.45) is 10.3 Å². The van der Waals surface area contributed by atoms with E-state index in [4.69, 9.17) is 58.0 Å². The van der Waals surface area contributed by atoms with Crippen LogP contribution in [0.5, 0.6) is 0 Å². The fraction of sp³-hybridized carbons (Fsp3) is 0. The molecule has 0 spiro atoms. The Labute approximate surface area is 149 Å². The second kappa shape index (κ2) is 5.87. The van der Waals surface area contributed by atoms with Gasteiger partial charge in [-0.05, 0) is 16.9 Å². The first-order chi connectivity index (χ1) is 10.4. The molecule has 4 nitrogen and oxygen atoms in total. The molecule has 3 rings (SSSR count). The third kappa shape index (κ3) is 2.36. The highest BCUT2D eigenvalue weighted by Gasteiger charge is 2.27. The lowest BCUT2D eigenvalue weighted by molar-refractivity contribution is 0.0944. The van der Waals surface area contributed by atoms with Gasteiger partial charge in [-0.1, -0.05) is 75.6 Å². The summed E-state index contributed by atoms with van der Waals surface area (Å²) in [5.41, 5.74) is 4.69. The van der Waals surface area contributed by atoms with Gasteiger partial charge in [-0.25, -0.2) is 0 Å². The topological polar surface area (TPSA) is 55.9 Å². The molecular formula is C13H3Cl5N3O. The molecule has 1 aliphatic rings. The molecule has 111 valence electrons. The Bertz CT molecular complexity index is 821. The Morgan fingerprint density at radius 1 is 0.773 bits per heavy atom. The van der Waals surface area contributed by atoms with E-state index in [2.05, 4.69) is 15.8 Å². The number of amides is 1. The van der Waals surface area contributed by atoms with E-state index >= 15 is 0 Å². The van der Waals surface area contributed by atoms with Gasteiger partial charge in [-0.15, -0.1) is 5.11 Å². The standard InChI is InChI=1S/C13H3Cl5N3O/c14-8-7(9(15)11(17)12(18)10(8)16)4-2-1-3-5-6(4)13(22)20-21-19-5/h1-3H. The molecule has 0 N–H and O–H groups in total. The van der Waals surface area contributed by atoms with Crippen molar-refractivity contribution in [2.75, 3.05) is 0 Å². The van der Waals surface area contributed by atoms with Crippen LogP contribution in [0.3, 0.4) is 0 Å². The average Bonchev–Trinajstić information content (AvgIpc) is 2.51. The van der Waals surface area contributed by atoms with Gasteiger partial charge in [0.25, 0.3) is 5.91 Å². The molecule has 1 aliphatic heterocycles. The van der Waals surface area contributed by atoms with Crippen molar-refractivity contribution in [3.05, 3.63) is 48.9 Å². The van der Waals surface area contributed by atoms with Crippen LogP contribution in [-0.4, -0.2) is 5.91 Å². The predicted octanol–water partition coefficient (Wildman–Crippen LogP) is 6.38. The van der Waals surface area contributed by atoms with Crippen LogP contribution in [0.25, 0.3) is 11.1 Å². The van der Waals surface area contributed by atoms with E-state index in [0.29, 0.717) is 16.8 Å². The Balaban J connectivity index is 2.40. The normalized spacial score (nSPS) is 13.0. The van der Waals surface area contributed by atoms with E-state index < -0.39 is 5.91 Å². The van der Waals surface area contributed by atoms with E-state index in [1.54, 1.807) is 18.2 Å². The summed E-state index contributed by atoms with van der Waals surface area (Å²) in [6, 6.07) is 4.94. The fourth-order valence-corrected chi connectivity index (χ4v) is 3.40. The predicted molar refractivity (Wildman–Crippen MR) is 87.9 cm³/mol. The van der Waals surface area contributed by atoms with Crippen molar-refractivity contribution in [3.8, 4) is 11.1 Å². The number of hydrogen-bond donors (Lipinski definition) is 0. The van der Waals surface area contributed by atoms with Crippen molar-refractivity contribution in [1.29, 1.82) is 0 Å². The molecule has 0 saturated carbocycles. The summed E-state index contributed by atoms with van der Waals surface area (Å²) in [6.07, 6.45) is 0. The summed E-state index contributed by atoms with van der Waals surface area (Å²) >= 11 is 30.6. The maximum absolute atomic E-state index is 12.0. The smallest absolute Gasteiger partial charge is 0.265 e. The highest BCUT2D eigenvalue weighted by atomic mass is 35.5. The molecule has 0 bridgehead atoms. The fourth-order valence-electron chi connectivity index (χ4n) is 2.06. The number of hydrogen-bond acceptors (Lipinski definition) is 3. The number of carbonyl (C=O) groups is 1. The van der Waals surface area contributed by atoms with Gasteiger partial charge in [0.15, 0.2) is 0 Å². The number of fused-ring (bicyclic) bond motifs is 1. The molecule has 0 aliphatic carbocycles. The van der Waals surface area contributed by atoms with Gasteiger partial charge in [0.1, 0.15) is 5.69 Å².